The fourth-order valence-corrected chi connectivity index (χ4v) is 2.65. The van der Waals surface area contributed by atoms with Gasteiger partial charge in [0, 0.05) is 11.6 Å². The second-order valence-electron chi connectivity index (χ2n) is 5.06. The number of aryl methyl sites for hydroxylation is 3. The first-order chi connectivity index (χ1) is 9.88. The summed E-state index contributed by atoms with van der Waals surface area (Å²) in [6.45, 7) is 5.71. The maximum atomic E-state index is 13.4. The topological polar surface area (TPSA) is 26.3 Å². The summed E-state index contributed by atoms with van der Waals surface area (Å²) >= 11 is 3.07. The van der Waals surface area contributed by atoms with Crippen LogP contribution in [-0.4, -0.2) is 12.4 Å². The van der Waals surface area contributed by atoms with Crippen molar-refractivity contribution in [2.75, 3.05) is 6.61 Å². The van der Waals surface area contributed by atoms with E-state index in [0.29, 0.717) is 15.8 Å². The van der Waals surface area contributed by atoms with E-state index in [9.17, 15) is 9.18 Å². The number of hydrogen-bond donors (Lipinski definition) is 0. The SMILES string of the molecule is Cc1cc(C)c(C(=O)COc2ccc(Br)c(F)c2)c(C)c1. The largest absolute Gasteiger partial charge is 0.485 e. The lowest BCUT2D eigenvalue weighted by molar-refractivity contribution is 0.0920. The van der Waals surface area contributed by atoms with Crippen molar-refractivity contribution in [1.29, 1.82) is 0 Å². The minimum atomic E-state index is -0.414. The van der Waals surface area contributed by atoms with Crippen LogP contribution in [0.1, 0.15) is 27.0 Å². The van der Waals surface area contributed by atoms with Crippen molar-refractivity contribution in [1.82, 2.24) is 0 Å². The first-order valence-corrected chi connectivity index (χ1v) is 7.36. The average molecular weight is 351 g/mol. The van der Waals surface area contributed by atoms with Gasteiger partial charge in [0.15, 0.2) is 6.61 Å². The Hall–Kier alpha value is -1.68. The number of carbonyl (C=O) groups is 1. The molecule has 0 bridgehead atoms. The first kappa shape index (κ1) is 15.7. The predicted octanol–water partition coefficient (Wildman–Crippen LogP) is 4.78. The lowest BCUT2D eigenvalue weighted by Crippen LogP contribution is -2.14. The number of ketones is 1. The van der Waals surface area contributed by atoms with Gasteiger partial charge in [0.05, 0.1) is 4.47 Å². The van der Waals surface area contributed by atoms with Crippen LogP contribution >= 0.6 is 15.9 Å². The predicted molar refractivity (Wildman–Crippen MR) is 84.6 cm³/mol. The molecule has 0 aliphatic heterocycles. The second-order valence-corrected chi connectivity index (χ2v) is 5.92. The van der Waals surface area contributed by atoms with Crippen molar-refractivity contribution in [3.63, 3.8) is 0 Å². The molecule has 2 aromatic carbocycles. The normalized spacial score (nSPS) is 10.5. The summed E-state index contributed by atoms with van der Waals surface area (Å²) in [5.41, 5.74) is 3.67. The molecule has 2 rings (SSSR count). The summed E-state index contributed by atoms with van der Waals surface area (Å²) in [7, 11) is 0. The molecule has 0 aliphatic carbocycles. The summed E-state index contributed by atoms with van der Waals surface area (Å²) in [6.07, 6.45) is 0. The first-order valence-electron chi connectivity index (χ1n) is 6.57. The fraction of sp³-hybridized carbons (Fsp3) is 0.235. The average Bonchev–Trinajstić information content (AvgIpc) is 2.39. The van der Waals surface area contributed by atoms with E-state index in [1.54, 1.807) is 12.1 Å². The zero-order chi connectivity index (χ0) is 15.6. The Kier molecular flexibility index (Phi) is 4.78. The van der Waals surface area contributed by atoms with Gasteiger partial charge in [-0.15, -0.1) is 0 Å². The molecule has 0 radical (unpaired) electrons. The number of carbonyl (C=O) groups excluding carboxylic acids is 1. The van der Waals surface area contributed by atoms with Crippen molar-refractivity contribution < 1.29 is 13.9 Å². The third-order valence-corrected chi connectivity index (χ3v) is 3.86. The van der Waals surface area contributed by atoms with Gasteiger partial charge in [-0.05, 0) is 60.0 Å². The molecule has 2 aromatic rings. The minimum Gasteiger partial charge on any atom is -0.485 e. The molecular weight excluding hydrogens is 335 g/mol. The van der Waals surface area contributed by atoms with E-state index >= 15 is 0 Å². The van der Waals surface area contributed by atoms with E-state index in [1.165, 1.54) is 6.07 Å². The van der Waals surface area contributed by atoms with Crippen LogP contribution in [-0.2, 0) is 0 Å². The van der Waals surface area contributed by atoms with Crippen LogP contribution in [0.5, 0.6) is 5.75 Å². The minimum absolute atomic E-state index is 0.103. The van der Waals surface area contributed by atoms with Crippen LogP contribution in [0.15, 0.2) is 34.8 Å². The van der Waals surface area contributed by atoms with Gasteiger partial charge in [0.25, 0.3) is 0 Å². The van der Waals surface area contributed by atoms with Crippen LogP contribution in [0.3, 0.4) is 0 Å². The number of benzene rings is 2. The zero-order valence-corrected chi connectivity index (χ0v) is 13.8. The Balaban J connectivity index is 2.13. The number of ether oxygens (including phenoxy) is 1. The molecule has 0 atom stereocenters. The van der Waals surface area contributed by atoms with E-state index in [0.717, 1.165) is 16.7 Å². The fourth-order valence-electron chi connectivity index (χ4n) is 2.41. The molecule has 0 aliphatic rings. The van der Waals surface area contributed by atoms with Crippen LogP contribution in [0.2, 0.25) is 0 Å². The third kappa shape index (κ3) is 3.70. The lowest BCUT2D eigenvalue weighted by Gasteiger charge is -2.11. The number of Topliss-reactive ketones (excluding diaryl/α,β-unsaturated/α-hetero) is 1. The van der Waals surface area contributed by atoms with Crippen molar-refractivity contribution >= 4 is 21.7 Å². The van der Waals surface area contributed by atoms with Crippen molar-refractivity contribution in [2.45, 2.75) is 20.8 Å². The molecule has 21 heavy (non-hydrogen) atoms. The molecule has 0 amide bonds. The van der Waals surface area contributed by atoms with E-state index in [-0.39, 0.29) is 12.4 Å². The highest BCUT2D eigenvalue weighted by atomic mass is 79.9. The smallest absolute Gasteiger partial charge is 0.200 e. The summed E-state index contributed by atoms with van der Waals surface area (Å²) in [5.74, 6) is -0.178. The molecule has 110 valence electrons. The zero-order valence-electron chi connectivity index (χ0n) is 12.2. The van der Waals surface area contributed by atoms with E-state index in [2.05, 4.69) is 15.9 Å². The Bertz CT molecular complexity index is 672. The van der Waals surface area contributed by atoms with Gasteiger partial charge in [0.2, 0.25) is 5.78 Å². The molecule has 0 unspecified atom stereocenters. The maximum absolute atomic E-state index is 13.4. The van der Waals surface area contributed by atoms with Crippen LogP contribution in [0.4, 0.5) is 4.39 Å². The second kappa shape index (κ2) is 6.39. The highest BCUT2D eigenvalue weighted by Gasteiger charge is 2.14. The summed E-state index contributed by atoms with van der Waals surface area (Å²) in [6, 6.07) is 8.37. The summed E-state index contributed by atoms with van der Waals surface area (Å²) < 4.78 is 19.1. The van der Waals surface area contributed by atoms with Crippen molar-refractivity contribution in [2.24, 2.45) is 0 Å². The van der Waals surface area contributed by atoms with Crippen molar-refractivity contribution in [3.8, 4) is 5.75 Å². The van der Waals surface area contributed by atoms with Gasteiger partial charge in [-0.1, -0.05) is 17.7 Å². The Morgan fingerprint density at radius 1 is 1.14 bits per heavy atom. The molecule has 0 aromatic heterocycles. The molecule has 0 fully saturated rings. The number of rotatable bonds is 4. The van der Waals surface area contributed by atoms with Gasteiger partial charge in [-0.3, -0.25) is 4.79 Å². The molecule has 0 N–H and O–H groups in total. The van der Waals surface area contributed by atoms with Crippen LogP contribution < -0.4 is 4.74 Å². The molecule has 0 heterocycles. The van der Waals surface area contributed by atoms with Crippen molar-refractivity contribution in [3.05, 3.63) is 62.9 Å². The van der Waals surface area contributed by atoms with E-state index in [1.807, 2.05) is 32.9 Å². The number of hydrogen-bond acceptors (Lipinski definition) is 2. The lowest BCUT2D eigenvalue weighted by atomic mass is 9.97. The van der Waals surface area contributed by atoms with Crippen LogP contribution in [0, 0.1) is 26.6 Å². The summed E-state index contributed by atoms with van der Waals surface area (Å²) in [4.78, 5) is 12.3. The molecule has 4 heteroatoms. The standard InChI is InChI=1S/C17H16BrFO2/c1-10-6-11(2)17(12(3)7-10)16(20)9-21-13-4-5-14(18)15(19)8-13/h4-8H,9H2,1-3H3. The Morgan fingerprint density at radius 2 is 1.76 bits per heavy atom. The molecule has 0 saturated heterocycles. The molecular formula is C17H16BrFO2. The highest BCUT2D eigenvalue weighted by molar-refractivity contribution is 9.10. The molecule has 0 saturated carbocycles. The Morgan fingerprint density at radius 3 is 2.33 bits per heavy atom. The highest BCUT2D eigenvalue weighted by Crippen LogP contribution is 2.22. The van der Waals surface area contributed by atoms with Gasteiger partial charge in [0.1, 0.15) is 11.6 Å². The quantitative estimate of drug-likeness (QED) is 0.742. The molecule has 2 nitrogen and oxygen atoms in total. The number of halogens is 2. The monoisotopic (exact) mass is 350 g/mol. The van der Waals surface area contributed by atoms with Gasteiger partial charge >= 0.3 is 0 Å². The van der Waals surface area contributed by atoms with Gasteiger partial charge in [-0.2, -0.15) is 0 Å². The molecule has 0 spiro atoms. The maximum Gasteiger partial charge on any atom is 0.200 e. The van der Waals surface area contributed by atoms with E-state index < -0.39 is 5.82 Å². The third-order valence-electron chi connectivity index (χ3n) is 3.22. The van der Waals surface area contributed by atoms with Crippen LogP contribution in [0.25, 0.3) is 0 Å². The Labute approximate surface area is 132 Å². The van der Waals surface area contributed by atoms with Gasteiger partial charge in [-0.25, -0.2) is 4.39 Å². The van der Waals surface area contributed by atoms with Gasteiger partial charge < -0.3 is 4.74 Å². The van der Waals surface area contributed by atoms with E-state index in [4.69, 9.17) is 4.74 Å². The summed E-state index contributed by atoms with van der Waals surface area (Å²) in [5, 5.41) is 0.